The molecule has 2 aliphatic heterocycles. The number of phenols is 1. The Balaban J connectivity index is 1.64. The van der Waals surface area contributed by atoms with Crippen LogP contribution in [0.15, 0.2) is 47.3 Å². The van der Waals surface area contributed by atoms with E-state index in [0.717, 1.165) is 5.39 Å². The molecule has 38 heavy (non-hydrogen) atoms. The third kappa shape index (κ3) is 5.11. The summed E-state index contributed by atoms with van der Waals surface area (Å²) < 4.78 is 11.1. The number of carbonyl (C=O) groups excluding carboxylic acids is 3. The summed E-state index contributed by atoms with van der Waals surface area (Å²) in [6.07, 6.45) is 6.14. The highest BCUT2D eigenvalue weighted by Crippen LogP contribution is 2.46. The van der Waals surface area contributed by atoms with Gasteiger partial charge in [0.15, 0.2) is 0 Å². The predicted octanol–water partition coefficient (Wildman–Crippen LogP) is 5.16. The number of esters is 2. The number of cyclic esters (lactones) is 1. The smallest absolute Gasteiger partial charge is 0.342 e. The van der Waals surface area contributed by atoms with Crippen LogP contribution in [0.4, 0.5) is 0 Å². The molecule has 0 spiro atoms. The van der Waals surface area contributed by atoms with Gasteiger partial charge in [-0.3, -0.25) is 14.4 Å². The Morgan fingerprint density at radius 1 is 1.03 bits per heavy atom. The summed E-state index contributed by atoms with van der Waals surface area (Å²) in [6.45, 7) is 1.75. The highest BCUT2D eigenvalue weighted by atomic mass is 16.5. The van der Waals surface area contributed by atoms with Crippen molar-refractivity contribution < 1.29 is 29.0 Å². The van der Waals surface area contributed by atoms with Crippen molar-refractivity contribution >= 4 is 34.7 Å². The first-order valence-corrected chi connectivity index (χ1v) is 12.9. The number of phenolic OH excluding ortho intramolecular Hbond substituents is 1. The molecule has 5 rings (SSSR count). The topological polar surface area (TPSA) is 123 Å². The highest BCUT2D eigenvalue weighted by molar-refractivity contribution is 5.98. The maximum atomic E-state index is 13.3. The molecule has 0 saturated carbocycles. The number of hydrogen-bond acceptors (Lipinski definition) is 7. The molecule has 1 unspecified atom stereocenters. The molecule has 196 valence electrons. The number of carbonyl (C=O) groups is 3. The second-order valence-electron chi connectivity index (χ2n) is 9.91. The predicted molar refractivity (Wildman–Crippen MR) is 141 cm³/mol. The van der Waals surface area contributed by atoms with Crippen LogP contribution in [0, 0.1) is 0 Å². The van der Waals surface area contributed by atoms with E-state index in [-0.39, 0.29) is 40.4 Å². The van der Waals surface area contributed by atoms with E-state index in [4.69, 9.17) is 9.47 Å². The molecule has 2 aromatic carbocycles. The summed E-state index contributed by atoms with van der Waals surface area (Å²) in [5.41, 5.74) is 1.05. The lowest BCUT2D eigenvalue weighted by atomic mass is 9.83. The minimum absolute atomic E-state index is 0.0415. The Labute approximate surface area is 219 Å². The lowest BCUT2D eigenvalue weighted by molar-refractivity contribution is -0.135. The van der Waals surface area contributed by atoms with E-state index in [1.54, 1.807) is 25.1 Å². The number of nitrogens with one attached hydrogen (secondary N) is 1. The molecule has 8 nitrogen and oxygen atoms in total. The third-order valence-corrected chi connectivity index (χ3v) is 7.14. The second-order valence-corrected chi connectivity index (χ2v) is 9.91. The summed E-state index contributed by atoms with van der Waals surface area (Å²) in [4.78, 5) is 54.0. The SMILES string of the molecule is C[C@H]1CCCC(=O)CCCC=Cc2cc3c(c(O)c2C(=O)O1)C(c1cc2ccccc2[nH]c1=O)CC(=O)O3. The number of ketones is 1. The number of hydrogen-bond donors (Lipinski definition) is 2. The number of H-pyrrole nitrogens is 1. The average molecular weight is 516 g/mol. The number of benzene rings is 2. The average Bonchev–Trinajstić information content (AvgIpc) is 2.87. The number of fused-ring (bicyclic) bond motifs is 3. The van der Waals surface area contributed by atoms with E-state index in [1.807, 2.05) is 24.3 Å². The number of ether oxygens (including phenoxy) is 2. The van der Waals surface area contributed by atoms with Crippen molar-refractivity contribution in [2.75, 3.05) is 0 Å². The van der Waals surface area contributed by atoms with Gasteiger partial charge in [0.2, 0.25) is 0 Å². The fraction of sp³-hybridized carbons (Fsp3) is 0.333. The molecule has 0 saturated heterocycles. The summed E-state index contributed by atoms with van der Waals surface area (Å²) in [5.74, 6) is -2.18. The normalized spacial score (nSPS) is 20.7. The molecule has 3 heterocycles. The van der Waals surface area contributed by atoms with Gasteiger partial charge in [-0.1, -0.05) is 30.4 Å². The van der Waals surface area contributed by atoms with Gasteiger partial charge in [-0.05, 0) is 61.8 Å². The van der Waals surface area contributed by atoms with Crippen LogP contribution in [0.3, 0.4) is 0 Å². The standard InChI is InChI=1S/C30H29NO7/c1-17-8-7-12-20(32)11-4-2-3-10-19-15-24-27(28(34)26(19)30(36)37-17)21(16-25(33)38-24)22-14-18-9-5-6-13-23(18)31-29(22)35/h3,5-6,9-10,13-15,17,21,34H,2,4,7-8,11-12,16H2,1H3,(H,31,35)/t17-,21?/m0/s1. The van der Waals surface area contributed by atoms with Crippen LogP contribution < -0.4 is 10.3 Å². The van der Waals surface area contributed by atoms with Crippen LogP contribution >= 0.6 is 0 Å². The molecule has 3 aromatic rings. The van der Waals surface area contributed by atoms with E-state index in [9.17, 15) is 24.3 Å². The molecular formula is C30H29NO7. The van der Waals surface area contributed by atoms with Crippen LogP contribution in [-0.2, 0) is 14.3 Å². The number of rotatable bonds is 1. The minimum atomic E-state index is -0.821. The largest absolute Gasteiger partial charge is 0.507 e. The van der Waals surface area contributed by atoms with Crippen molar-refractivity contribution in [2.24, 2.45) is 0 Å². The fourth-order valence-corrected chi connectivity index (χ4v) is 5.21. The quantitative estimate of drug-likeness (QED) is 0.339. The van der Waals surface area contributed by atoms with E-state index < -0.39 is 24.0 Å². The molecule has 8 heteroatoms. The van der Waals surface area contributed by atoms with Crippen molar-refractivity contribution in [2.45, 2.75) is 63.9 Å². The summed E-state index contributed by atoms with van der Waals surface area (Å²) in [5, 5.41) is 12.3. The van der Waals surface area contributed by atoms with Crippen LogP contribution in [0.5, 0.6) is 11.5 Å². The first kappa shape index (κ1) is 25.4. The van der Waals surface area contributed by atoms with E-state index in [1.165, 1.54) is 6.07 Å². The Morgan fingerprint density at radius 3 is 2.66 bits per heavy atom. The van der Waals surface area contributed by atoms with Crippen LogP contribution in [-0.4, -0.2) is 33.9 Å². The first-order chi connectivity index (χ1) is 18.3. The first-order valence-electron chi connectivity index (χ1n) is 12.9. The maximum Gasteiger partial charge on any atom is 0.342 e. The van der Waals surface area contributed by atoms with Crippen molar-refractivity contribution in [1.82, 2.24) is 4.98 Å². The van der Waals surface area contributed by atoms with Gasteiger partial charge in [0.05, 0.1) is 12.5 Å². The van der Waals surface area contributed by atoms with Crippen molar-refractivity contribution in [1.29, 1.82) is 0 Å². The number of allylic oxidation sites excluding steroid dienone is 1. The van der Waals surface area contributed by atoms with Gasteiger partial charge in [0, 0.05) is 35.4 Å². The summed E-state index contributed by atoms with van der Waals surface area (Å²) in [6, 6.07) is 10.5. The molecule has 2 atom stereocenters. The van der Waals surface area contributed by atoms with Gasteiger partial charge in [0.1, 0.15) is 22.8 Å². The summed E-state index contributed by atoms with van der Waals surface area (Å²) >= 11 is 0. The Kier molecular flexibility index (Phi) is 7.13. The van der Waals surface area contributed by atoms with E-state index in [0.29, 0.717) is 55.2 Å². The number of para-hydroxylation sites is 1. The molecule has 2 N–H and O–H groups in total. The summed E-state index contributed by atoms with van der Waals surface area (Å²) in [7, 11) is 0. The molecule has 0 bridgehead atoms. The zero-order valence-corrected chi connectivity index (χ0v) is 21.1. The lowest BCUT2D eigenvalue weighted by Gasteiger charge is -2.27. The number of aromatic hydroxyl groups is 1. The Bertz CT molecular complexity index is 1520. The minimum Gasteiger partial charge on any atom is -0.507 e. The van der Waals surface area contributed by atoms with Crippen LogP contribution in [0.1, 0.15) is 84.8 Å². The van der Waals surface area contributed by atoms with Gasteiger partial charge in [-0.15, -0.1) is 0 Å². The van der Waals surface area contributed by atoms with E-state index in [2.05, 4.69) is 4.98 Å². The second kappa shape index (κ2) is 10.7. The monoisotopic (exact) mass is 515 g/mol. The lowest BCUT2D eigenvalue weighted by Crippen LogP contribution is -2.27. The van der Waals surface area contributed by atoms with Gasteiger partial charge in [-0.25, -0.2) is 4.79 Å². The van der Waals surface area contributed by atoms with Crippen LogP contribution in [0.2, 0.25) is 0 Å². The van der Waals surface area contributed by atoms with Crippen LogP contribution in [0.25, 0.3) is 17.0 Å². The maximum absolute atomic E-state index is 13.3. The molecule has 0 radical (unpaired) electrons. The third-order valence-electron chi connectivity index (χ3n) is 7.14. The van der Waals surface area contributed by atoms with Gasteiger partial charge < -0.3 is 19.6 Å². The zero-order chi connectivity index (χ0) is 26.8. The highest BCUT2D eigenvalue weighted by Gasteiger charge is 2.36. The number of aromatic nitrogens is 1. The van der Waals surface area contributed by atoms with E-state index >= 15 is 0 Å². The Hall–Kier alpha value is -4.20. The molecular weight excluding hydrogens is 486 g/mol. The fourth-order valence-electron chi connectivity index (χ4n) is 5.21. The molecule has 1 aromatic heterocycles. The molecule has 0 aliphatic carbocycles. The molecule has 2 aliphatic rings. The van der Waals surface area contributed by atoms with Gasteiger partial charge >= 0.3 is 11.9 Å². The number of Topliss-reactive ketones (excluding diaryl/α,β-unsaturated/α-hetero) is 1. The van der Waals surface area contributed by atoms with Gasteiger partial charge in [-0.2, -0.15) is 0 Å². The number of pyridine rings is 1. The molecule has 0 amide bonds. The van der Waals surface area contributed by atoms with Crippen molar-refractivity contribution in [3.05, 3.63) is 75.1 Å². The Morgan fingerprint density at radius 2 is 1.82 bits per heavy atom. The van der Waals surface area contributed by atoms with Crippen molar-refractivity contribution in [3.8, 4) is 11.5 Å². The van der Waals surface area contributed by atoms with Gasteiger partial charge in [0.25, 0.3) is 5.56 Å². The van der Waals surface area contributed by atoms with Crippen molar-refractivity contribution in [3.63, 3.8) is 0 Å². The number of aromatic amines is 1. The zero-order valence-electron chi connectivity index (χ0n) is 21.1. The molecule has 0 fully saturated rings.